The highest BCUT2D eigenvalue weighted by atomic mass is 19.4. The Morgan fingerprint density at radius 1 is 0.974 bits per heavy atom. The summed E-state index contributed by atoms with van der Waals surface area (Å²) in [6.45, 7) is 1.41. The number of hydrogen-bond donors (Lipinski definition) is 1. The van der Waals surface area contributed by atoms with Gasteiger partial charge in [0.05, 0.1) is 0 Å². The molecular weight excluding hydrogens is 503 g/mol. The van der Waals surface area contributed by atoms with Gasteiger partial charge < -0.3 is 5.11 Å². The third-order valence-electron chi connectivity index (χ3n) is 10.4. The minimum Gasteiger partial charge on any atom is -0.383 e. The molecule has 0 aromatic heterocycles. The van der Waals surface area contributed by atoms with Crippen molar-refractivity contribution < 1.29 is 36.6 Å². The Bertz CT molecular complexity index is 1260. The number of ketones is 2. The maximum absolute atomic E-state index is 14.7. The Labute approximate surface area is 218 Å². The van der Waals surface area contributed by atoms with Crippen LogP contribution >= 0.6 is 0 Å². The van der Waals surface area contributed by atoms with Crippen molar-refractivity contribution in [2.45, 2.75) is 88.3 Å². The van der Waals surface area contributed by atoms with Gasteiger partial charge in [0.2, 0.25) is 0 Å². The van der Waals surface area contributed by atoms with Crippen molar-refractivity contribution >= 4 is 11.6 Å². The number of carbonyl (C=O) groups excluding carboxylic acids is 2. The number of hydrogen-bond acceptors (Lipinski definition) is 3. The first-order valence-corrected chi connectivity index (χ1v) is 13.6. The average molecular weight is 535 g/mol. The van der Waals surface area contributed by atoms with Crippen molar-refractivity contribution in [1.29, 1.82) is 0 Å². The third-order valence-corrected chi connectivity index (χ3v) is 10.4. The van der Waals surface area contributed by atoms with Gasteiger partial charge in [-0.15, -0.1) is 0 Å². The van der Waals surface area contributed by atoms with Gasteiger partial charge >= 0.3 is 12.1 Å². The highest BCUT2D eigenvalue weighted by Gasteiger charge is 2.78. The first-order chi connectivity index (χ1) is 17.8. The number of allylic oxidation sites excluding steroid dienone is 4. The number of halogens is 5. The average Bonchev–Trinajstić information content (AvgIpc) is 3.67. The molecule has 3 nitrogen and oxygen atoms in total. The van der Waals surface area contributed by atoms with Crippen LogP contribution in [0.25, 0.3) is 0 Å². The standard InChI is InChI=1S/C30H31F5O3/c1-27-12-10-22-21(24(27)11-13-28(27,38)29(31,32)30(33,34)35)9-8-19-14-20(36)15-23(25(19)22)16-2-4-17(5-3-16)26(37)18-6-7-18/h2-5,14,18,21,23-24,38H,6-13,15H2,1H3/t21-,23?,24+,27+,28?/m1/s1. The fourth-order valence-electron chi connectivity index (χ4n) is 8.15. The molecule has 1 aromatic carbocycles. The fourth-order valence-corrected chi connectivity index (χ4v) is 8.15. The summed E-state index contributed by atoms with van der Waals surface area (Å²) in [4.78, 5) is 25.1. The Hall–Kier alpha value is -2.35. The molecule has 0 amide bonds. The molecule has 0 heterocycles. The zero-order valence-electron chi connectivity index (χ0n) is 21.2. The van der Waals surface area contributed by atoms with Crippen molar-refractivity contribution in [2.24, 2.45) is 23.2 Å². The number of benzene rings is 1. The smallest absolute Gasteiger partial charge is 0.383 e. The lowest BCUT2D eigenvalue weighted by Crippen LogP contribution is -2.64. The molecule has 5 aliphatic carbocycles. The fraction of sp³-hybridized carbons (Fsp3) is 0.600. The molecule has 204 valence electrons. The summed E-state index contributed by atoms with van der Waals surface area (Å²) in [5, 5.41) is 11.0. The monoisotopic (exact) mass is 534 g/mol. The summed E-state index contributed by atoms with van der Waals surface area (Å²) in [5.41, 5.74) is -0.194. The van der Waals surface area contributed by atoms with Crippen molar-refractivity contribution in [3.8, 4) is 0 Å². The van der Waals surface area contributed by atoms with E-state index >= 15 is 0 Å². The van der Waals surface area contributed by atoms with E-state index in [1.54, 1.807) is 18.2 Å². The molecule has 3 fully saturated rings. The van der Waals surface area contributed by atoms with Gasteiger partial charge in [-0.05, 0) is 86.0 Å². The molecule has 0 saturated heterocycles. The van der Waals surface area contributed by atoms with E-state index in [9.17, 15) is 36.6 Å². The molecule has 2 unspecified atom stereocenters. The van der Waals surface area contributed by atoms with Crippen LogP contribution in [0.2, 0.25) is 0 Å². The predicted molar refractivity (Wildman–Crippen MR) is 130 cm³/mol. The van der Waals surface area contributed by atoms with Crippen LogP contribution in [0.15, 0.2) is 47.1 Å². The summed E-state index contributed by atoms with van der Waals surface area (Å²) in [7, 11) is 0. The van der Waals surface area contributed by atoms with Crippen molar-refractivity contribution in [3.63, 3.8) is 0 Å². The van der Waals surface area contributed by atoms with E-state index in [0.717, 1.165) is 35.1 Å². The minimum atomic E-state index is -5.83. The number of fused-ring (bicyclic) bond motifs is 4. The molecule has 1 N–H and O–H groups in total. The summed E-state index contributed by atoms with van der Waals surface area (Å²) in [6.07, 6.45) is -1.15. The molecule has 0 aliphatic heterocycles. The molecule has 8 heteroatoms. The van der Waals surface area contributed by atoms with E-state index in [2.05, 4.69) is 0 Å². The van der Waals surface area contributed by atoms with Crippen LogP contribution in [0.1, 0.15) is 86.6 Å². The minimum absolute atomic E-state index is 0.00615. The van der Waals surface area contributed by atoms with Crippen LogP contribution in [-0.2, 0) is 4.79 Å². The van der Waals surface area contributed by atoms with E-state index in [0.29, 0.717) is 24.8 Å². The van der Waals surface area contributed by atoms with Crippen LogP contribution in [0.5, 0.6) is 0 Å². The van der Waals surface area contributed by atoms with Crippen LogP contribution in [0.3, 0.4) is 0 Å². The molecule has 0 radical (unpaired) electrons. The summed E-state index contributed by atoms with van der Waals surface area (Å²) in [5.74, 6) is -5.93. The largest absolute Gasteiger partial charge is 0.456 e. The van der Waals surface area contributed by atoms with Gasteiger partial charge in [0, 0.05) is 29.2 Å². The molecule has 6 rings (SSSR count). The lowest BCUT2D eigenvalue weighted by Gasteiger charge is -2.53. The SMILES string of the molecule is C[C@]12CCC3=C4C(=CC(=O)CC4c4ccc(C(=O)C5CC5)cc4)CC[C@H]3[C@@H]1CCC2(O)C(F)(F)C(F)(F)F. The van der Waals surface area contributed by atoms with Gasteiger partial charge in [-0.25, -0.2) is 0 Å². The van der Waals surface area contributed by atoms with Gasteiger partial charge in [-0.2, -0.15) is 22.0 Å². The van der Waals surface area contributed by atoms with Gasteiger partial charge in [0.1, 0.15) is 5.60 Å². The molecule has 1 aromatic rings. The maximum atomic E-state index is 14.7. The van der Waals surface area contributed by atoms with Crippen LogP contribution < -0.4 is 0 Å². The topological polar surface area (TPSA) is 54.4 Å². The van der Waals surface area contributed by atoms with Crippen LogP contribution in [-0.4, -0.2) is 34.4 Å². The number of carbonyl (C=O) groups is 2. The van der Waals surface area contributed by atoms with Gasteiger partial charge in [0.25, 0.3) is 0 Å². The normalized spacial score (nSPS) is 35.4. The molecule has 5 aliphatic rings. The number of rotatable bonds is 4. The summed E-state index contributed by atoms with van der Waals surface area (Å²) in [6, 6.07) is 7.38. The zero-order valence-corrected chi connectivity index (χ0v) is 21.2. The maximum Gasteiger partial charge on any atom is 0.456 e. The second-order valence-corrected chi connectivity index (χ2v) is 12.2. The number of aliphatic hydroxyl groups is 1. The highest BCUT2D eigenvalue weighted by molar-refractivity contribution is 5.99. The molecule has 0 bridgehead atoms. The predicted octanol–water partition coefficient (Wildman–Crippen LogP) is 7.11. The lowest BCUT2D eigenvalue weighted by molar-refractivity contribution is -0.362. The first kappa shape index (κ1) is 25.9. The number of Topliss-reactive ketones (excluding diaryl/α,β-unsaturated/α-hetero) is 1. The number of alkyl halides is 5. The molecule has 38 heavy (non-hydrogen) atoms. The zero-order chi connectivity index (χ0) is 27.3. The van der Waals surface area contributed by atoms with Gasteiger partial charge in [-0.1, -0.05) is 36.8 Å². The highest BCUT2D eigenvalue weighted by Crippen LogP contribution is 2.68. The summed E-state index contributed by atoms with van der Waals surface area (Å²) >= 11 is 0. The molecule has 3 saturated carbocycles. The first-order valence-electron chi connectivity index (χ1n) is 13.6. The van der Waals surface area contributed by atoms with Crippen LogP contribution in [0, 0.1) is 23.2 Å². The second-order valence-electron chi connectivity index (χ2n) is 12.2. The molecule has 5 atom stereocenters. The van der Waals surface area contributed by atoms with Crippen molar-refractivity contribution in [3.05, 3.63) is 58.2 Å². The van der Waals surface area contributed by atoms with E-state index in [1.807, 2.05) is 12.1 Å². The second kappa shape index (κ2) is 8.33. The van der Waals surface area contributed by atoms with Crippen molar-refractivity contribution in [2.75, 3.05) is 0 Å². The quantitative estimate of drug-likeness (QED) is 0.331. The third kappa shape index (κ3) is 3.54. The van der Waals surface area contributed by atoms with E-state index in [4.69, 9.17) is 0 Å². The Morgan fingerprint density at radius 3 is 2.29 bits per heavy atom. The van der Waals surface area contributed by atoms with Crippen LogP contribution in [0.4, 0.5) is 22.0 Å². The molecule has 0 spiro atoms. The lowest BCUT2D eigenvalue weighted by atomic mass is 9.53. The van der Waals surface area contributed by atoms with Gasteiger partial charge in [-0.3, -0.25) is 9.59 Å². The van der Waals surface area contributed by atoms with E-state index in [-0.39, 0.29) is 48.6 Å². The van der Waals surface area contributed by atoms with Crippen molar-refractivity contribution in [1.82, 2.24) is 0 Å². The Morgan fingerprint density at radius 2 is 1.66 bits per heavy atom. The summed E-state index contributed by atoms with van der Waals surface area (Å²) < 4.78 is 69.8. The Balaban J connectivity index is 1.37. The van der Waals surface area contributed by atoms with E-state index in [1.165, 1.54) is 6.92 Å². The van der Waals surface area contributed by atoms with Gasteiger partial charge in [0.15, 0.2) is 11.6 Å². The Kier molecular flexibility index (Phi) is 5.67. The molecular formula is C30H31F5O3. The van der Waals surface area contributed by atoms with E-state index < -0.39 is 35.5 Å².